The third-order valence-electron chi connectivity index (χ3n) is 4.34. The minimum atomic E-state index is -0.210. The predicted molar refractivity (Wildman–Crippen MR) is 116 cm³/mol. The first-order chi connectivity index (χ1) is 13.8. The van der Waals surface area contributed by atoms with Crippen LogP contribution < -0.4 is 16.0 Å². The lowest BCUT2D eigenvalue weighted by molar-refractivity contribution is -0.120. The van der Waals surface area contributed by atoms with Crippen molar-refractivity contribution in [3.05, 3.63) is 53.6 Å². The van der Waals surface area contributed by atoms with Gasteiger partial charge in [0.1, 0.15) is 0 Å². The number of hydrogen-bond acceptors (Lipinski definition) is 4. The maximum Gasteiger partial charge on any atom is 0.238 e. The van der Waals surface area contributed by atoms with E-state index < -0.39 is 0 Å². The van der Waals surface area contributed by atoms with Crippen molar-refractivity contribution in [1.82, 2.24) is 4.90 Å². The summed E-state index contributed by atoms with van der Waals surface area (Å²) in [6.07, 6.45) is 0. The molecule has 2 rings (SSSR count). The van der Waals surface area contributed by atoms with Crippen molar-refractivity contribution in [3.8, 4) is 0 Å². The van der Waals surface area contributed by atoms with Crippen molar-refractivity contribution in [3.63, 3.8) is 0 Å². The second-order valence-electron chi connectivity index (χ2n) is 6.98. The quantitative estimate of drug-likeness (QED) is 0.639. The number of anilines is 3. The first-order valence-electron chi connectivity index (χ1n) is 9.53. The monoisotopic (exact) mass is 396 g/mol. The summed E-state index contributed by atoms with van der Waals surface area (Å²) in [4.78, 5) is 37.5. The molecule has 0 aliphatic heterocycles. The second-order valence-corrected chi connectivity index (χ2v) is 6.98. The summed E-state index contributed by atoms with van der Waals surface area (Å²) in [7, 11) is 0. The molecule has 2 aromatic carbocycles. The number of aryl methyl sites for hydroxylation is 2. The zero-order valence-electron chi connectivity index (χ0n) is 17.3. The molecule has 2 aromatic rings. The minimum absolute atomic E-state index is 0.101. The van der Waals surface area contributed by atoms with Crippen LogP contribution in [0, 0.1) is 13.8 Å². The molecule has 0 heterocycles. The number of carbonyl (C=O) groups is 3. The summed E-state index contributed by atoms with van der Waals surface area (Å²) in [5.74, 6) is -0.522. The summed E-state index contributed by atoms with van der Waals surface area (Å²) in [5, 5.41) is 8.39. The van der Waals surface area contributed by atoms with Crippen LogP contribution >= 0.6 is 0 Å². The molecule has 154 valence electrons. The fraction of sp³-hybridized carbons (Fsp3) is 0.318. The van der Waals surface area contributed by atoms with Gasteiger partial charge in [-0.05, 0) is 61.9 Å². The normalized spacial score (nSPS) is 10.5. The van der Waals surface area contributed by atoms with Gasteiger partial charge >= 0.3 is 0 Å². The van der Waals surface area contributed by atoms with Crippen molar-refractivity contribution in [2.24, 2.45) is 0 Å². The molecule has 0 spiro atoms. The van der Waals surface area contributed by atoms with Crippen molar-refractivity contribution in [2.75, 3.05) is 35.6 Å². The Morgan fingerprint density at radius 3 is 1.93 bits per heavy atom. The van der Waals surface area contributed by atoms with E-state index >= 15 is 0 Å². The third kappa shape index (κ3) is 7.38. The average Bonchev–Trinajstić information content (AvgIpc) is 2.65. The topological polar surface area (TPSA) is 90.5 Å². The van der Waals surface area contributed by atoms with E-state index in [-0.39, 0.29) is 30.8 Å². The lowest BCUT2D eigenvalue weighted by Crippen LogP contribution is -2.38. The Morgan fingerprint density at radius 1 is 0.828 bits per heavy atom. The number of carbonyl (C=O) groups excluding carboxylic acids is 3. The highest BCUT2D eigenvalue weighted by molar-refractivity contribution is 5.95. The molecule has 0 saturated heterocycles. The van der Waals surface area contributed by atoms with E-state index in [9.17, 15) is 14.4 Å². The van der Waals surface area contributed by atoms with Gasteiger partial charge < -0.3 is 16.0 Å². The van der Waals surface area contributed by atoms with E-state index in [0.717, 1.165) is 16.8 Å². The Morgan fingerprint density at radius 2 is 1.38 bits per heavy atom. The molecule has 0 aliphatic carbocycles. The molecule has 3 N–H and O–H groups in total. The molecule has 0 unspecified atom stereocenters. The van der Waals surface area contributed by atoms with Gasteiger partial charge in [-0.15, -0.1) is 0 Å². The molecule has 0 bridgehead atoms. The Hall–Kier alpha value is -3.19. The zero-order chi connectivity index (χ0) is 21.4. The Labute approximate surface area is 171 Å². The maximum atomic E-state index is 12.4. The summed E-state index contributed by atoms with van der Waals surface area (Å²) in [5.41, 5.74) is 4.14. The molecule has 0 aromatic heterocycles. The first-order valence-corrected chi connectivity index (χ1v) is 9.53. The number of hydrogen-bond donors (Lipinski definition) is 3. The summed E-state index contributed by atoms with van der Waals surface area (Å²) < 4.78 is 0. The van der Waals surface area contributed by atoms with Crippen molar-refractivity contribution in [2.45, 2.75) is 27.7 Å². The summed E-state index contributed by atoms with van der Waals surface area (Å²) in [6, 6.07) is 12.8. The van der Waals surface area contributed by atoms with Crippen LogP contribution in [-0.4, -0.2) is 42.3 Å². The van der Waals surface area contributed by atoms with Crippen molar-refractivity contribution in [1.29, 1.82) is 0 Å². The number of nitrogens with one attached hydrogen (secondary N) is 3. The van der Waals surface area contributed by atoms with Crippen LogP contribution in [0.25, 0.3) is 0 Å². The molecule has 7 heteroatoms. The average molecular weight is 396 g/mol. The fourth-order valence-electron chi connectivity index (χ4n) is 2.79. The zero-order valence-corrected chi connectivity index (χ0v) is 17.3. The Bertz CT molecular complexity index is 878. The molecular formula is C22H28N4O3. The van der Waals surface area contributed by atoms with Gasteiger partial charge in [0.2, 0.25) is 17.7 Å². The van der Waals surface area contributed by atoms with Crippen molar-refractivity contribution >= 4 is 34.8 Å². The van der Waals surface area contributed by atoms with Crippen LogP contribution in [0.2, 0.25) is 0 Å². The van der Waals surface area contributed by atoms with E-state index in [4.69, 9.17) is 0 Å². The molecule has 0 fully saturated rings. The van der Waals surface area contributed by atoms with Gasteiger partial charge in [0.25, 0.3) is 0 Å². The van der Waals surface area contributed by atoms with E-state index in [2.05, 4.69) is 16.0 Å². The maximum absolute atomic E-state index is 12.4. The number of nitrogens with zero attached hydrogens (tertiary/aromatic N) is 1. The van der Waals surface area contributed by atoms with Crippen LogP contribution in [0.1, 0.15) is 25.0 Å². The van der Waals surface area contributed by atoms with Crippen LogP contribution in [0.3, 0.4) is 0 Å². The van der Waals surface area contributed by atoms with Gasteiger partial charge in [-0.1, -0.05) is 19.1 Å². The SMILES string of the molecule is CCN(CC(=O)Nc1ccc(NC(C)=O)cc1)CC(=O)Nc1cc(C)ccc1C. The Balaban J connectivity index is 1.88. The summed E-state index contributed by atoms with van der Waals surface area (Å²) in [6.45, 7) is 8.04. The lowest BCUT2D eigenvalue weighted by Gasteiger charge is -2.20. The molecule has 3 amide bonds. The molecule has 0 aliphatic rings. The number of rotatable bonds is 8. The fourth-order valence-corrected chi connectivity index (χ4v) is 2.79. The first kappa shape index (κ1) is 22.1. The summed E-state index contributed by atoms with van der Waals surface area (Å²) >= 11 is 0. The number of amides is 3. The van der Waals surface area contributed by atoms with E-state index in [0.29, 0.717) is 17.9 Å². The van der Waals surface area contributed by atoms with Gasteiger partial charge in [0.05, 0.1) is 13.1 Å². The van der Waals surface area contributed by atoms with Gasteiger partial charge in [0.15, 0.2) is 0 Å². The predicted octanol–water partition coefficient (Wildman–Crippen LogP) is 3.16. The van der Waals surface area contributed by atoms with Crippen LogP contribution in [0.15, 0.2) is 42.5 Å². The molecule has 0 saturated carbocycles. The van der Waals surface area contributed by atoms with E-state index in [1.54, 1.807) is 29.2 Å². The van der Waals surface area contributed by atoms with Gasteiger partial charge in [-0.25, -0.2) is 0 Å². The standard InChI is InChI=1S/C22H28N4O3/c1-5-26(14-22(29)25-20-12-15(2)6-7-16(20)3)13-21(28)24-19-10-8-18(9-11-19)23-17(4)27/h6-12H,5,13-14H2,1-4H3,(H,23,27)(H,24,28)(H,25,29). The van der Waals surface area contributed by atoms with E-state index in [1.165, 1.54) is 6.92 Å². The number of benzene rings is 2. The number of likely N-dealkylation sites (N-methyl/N-ethyl adjacent to an activating group) is 1. The molecule has 0 atom stereocenters. The van der Waals surface area contributed by atoms with Crippen molar-refractivity contribution < 1.29 is 14.4 Å². The van der Waals surface area contributed by atoms with Gasteiger partial charge in [-0.3, -0.25) is 19.3 Å². The van der Waals surface area contributed by atoms with E-state index in [1.807, 2.05) is 39.0 Å². The largest absolute Gasteiger partial charge is 0.326 e. The molecule has 29 heavy (non-hydrogen) atoms. The Kier molecular flexibility index (Phi) is 7.91. The highest BCUT2D eigenvalue weighted by atomic mass is 16.2. The van der Waals surface area contributed by atoms with Gasteiger partial charge in [0, 0.05) is 24.0 Å². The highest BCUT2D eigenvalue weighted by Crippen LogP contribution is 2.16. The third-order valence-corrected chi connectivity index (χ3v) is 4.34. The molecule has 7 nitrogen and oxygen atoms in total. The minimum Gasteiger partial charge on any atom is -0.326 e. The van der Waals surface area contributed by atoms with Gasteiger partial charge in [-0.2, -0.15) is 0 Å². The van der Waals surface area contributed by atoms with Crippen LogP contribution in [0.4, 0.5) is 17.1 Å². The van der Waals surface area contributed by atoms with Crippen LogP contribution in [0.5, 0.6) is 0 Å². The highest BCUT2D eigenvalue weighted by Gasteiger charge is 2.14. The second kappa shape index (κ2) is 10.4. The van der Waals surface area contributed by atoms with Crippen LogP contribution in [-0.2, 0) is 14.4 Å². The molecule has 0 radical (unpaired) electrons. The molecular weight excluding hydrogens is 368 g/mol. The smallest absolute Gasteiger partial charge is 0.238 e. The lowest BCUT2D eigenvalue weighted by atomic mass is 10.1.